The van der Waals surface area contributed by atoms with Gasteiger partial charge in [-0.05, 0) is 49.7 Å². The third-order valence-corrected chi connectivity index (χ3v) is 4.87. The van der Waals surface area contributed by atoms with Gasteiger partial charge >= 0.3 is 0 Å². The minimum absolute atomic E-state index is 0.0526. The third kappa shape index (κ3) is 7.24. The number of carbonyl (C=O) groups is 1. The summed E-state index contributed by atoms with van der Waals surface area (Å²) in [7, 11) is 0. The molecule has 32 heavy (non-hydrogen) atoms. The summed E-state index contributed by atoms with van der Waals surface area (Å²) >= 11 is 4.13. The lowest BCUT2D eigenvalue weighted by Gasteiger charge is -2.04. The molecule has 2 aromatic heterocycles. The van der Waals surface area contributed by atoms with E-state index in [1.165, 1.54) is 12.0 Å². The molecule has 3 nitrogen and oxygen atoms in total. The molecule has 166 valence electrons. The van der Waals surface area contributed by atoms with Gasteiger partial charge < -0.3 is 4.98 Å². The number of benzene rings is 2. The molecule has 0 saturated heterocycles. The van der Waals surface area contributed by atoms with Crippen molar-refractivity contribution in [2.75, 3.05) is 0 Å². The minimum Gasteiger partial charge on any atom is -0.352 e. The average molecular weight is 445 g/mol. The van der Waals surface area contributed by atoms with Crippen LogP contribution in [0.1, 0.15) is 48.3 Å². The van der Waals surface area contributed by atoms with Crippen molar-refractivity contribution in [3.63, 3.8) is 0 Å². The summed E-state index contributed by atoms with van der Waals surface area (Å²) in [4.78, 5) is 20.5. The molecule has 2 aromatic carbocycles. The molecular weight excluding hydrogens is 412 g/mol. The van der Waals surface area contributed by atoms with Gasteiger partial charge in [-0.2, -0.15) is 0 Å². The predicted molar refractivity (Wildman–Crippen MR) is 140 cm³/mol. The van der Waals surface area contributed by atoms with Crippen molar-refractivity contribution in [3.05, 3.63) is 96.3 Å². The number of thiol groups is 1. The molecule has 0 fully saturated rings. The van der Waals surface area contributed by atoms with E-state index in [0.717, 1.165) is 32.6 Å². The predicted octanol–water partition coefficient (Wildman–Crippen LogP) is 8.00. The van der Waals surface area contributed by atoms with E-state index in [4.69, 9.17) is 0 Å². The number of carbonyl (C=O) groups excluding carboxylic acids is 1. The highest BCUT2D eigenvalue weighted by atomic mass is 32.1. The Morgan fingerprint density at radius 3 is 2.34 bits per heavy atom. The zero-order valence-electron chi connectivity index (χ0n) is 19.4. The number of nitrogens with zero attached hydrogens (tertiary/aromatic N) is 1. The van der Waals surface area contributed by atoms with Crippen LogP contribution in [0, 0.1) is 13.8 Å². The Hall–Kier alpha value is -3.11. The number of aromatic nitrogens is 2. The fourth-order valence-corrected chi connectivity index (χ4v) is 3.15. The van der Waals surface area contributed by atoms with Crippen LogP contribution in [0.5, 0.6) is 0 Å². The SMILES string of the molecule is C=CCC(=O)c1cc2ccc(-c3ncccc3C)cc2[nH]1.CCC.Cc1ccc(S)cc1. The zero-order valence-corrected chi connectivity index (χ0v) is 20.2. The van der Waals surface area contributed by atoms with Gasteiger partial charge in [0, 0.05) is 34.0 Å². The van der Waals surface area contributed by atoms with Gasteiger partial charge in [0.2, 0.25) is 0 Å². The molecule has 1 N–H and O–H groups in total. The van der Waals surface area contributed by atoms with Crippen molar-refractivity contribution in [1.29, 1.82) is 0 Å². The van der Waals surface area contributed by atoms with E-state index in [0.29, 0.717) is 12.1 Å². The Bertz CT molecular complexity index is 1140. The number of rotatable bonds is 4. The number of aryl methyl sites for hydroxylation is 2. The van der Waals surface area contributed by atoms with E-state index in [1.54, 1.807) is 12.3 Å². The number of hydrogen-bond donors (Lipinski definition) is 2. The Labute approximate surface area is 197 Å². The molecule has 0 aliphatic rings. The molecule has 0 amide bonds. The molecule has 0 aliphatic heterocycles. The van der Waals surface area contributed by atoms with Crippen LogP contribution in [0.3, 0.4) is 0 Å². The zero-order chi connectivity index (χ0) is 23.5. The minimum atomic E-state index is 0.0526. The van der Waals surface area contributed by atoms with Crippen molar-refractivity contribution >= 4 is 29.3 Å². The first-order valence-corrected chi connectivity index (χ1v) is 11.3. The Kier molecular flexibility index (Phi) is 9.96. The van der Waals surface area contributed by atoms with E-state index < -0.39 is 0 Å². The van der Waals surface area contributed by atoms with E-state index >= 15 is 0 Å². The Balaban J connectivity index is 0.000000274. The maximum atomic E-state index is 11.9. The molecule has 0 saturated carbocycles. The van der Waals surface area contributed by atoms with E-state index in [1.807, 2.05) is 67.6 Å². The fraction of sp³-hybridized carbons (Fsp3) is 0.214. The van der Waals surface area contributed by atoms with Crippen molar-refractivity contribution in [2.24, 2.45) is 0 Å². The van der Waals surface area contributed by atoms with E-state index in [2.05, 4.69) is 49.9 Å². The fourth-order valence-electron chi connectivity index (χ4n) is 3.00. The number of pyridine rings is 1. The molecule has 0 bridgehead atoms. The van der Waals surface area contributed by atoms with Gasteiger partial charge in [0.25, 0.3) is 0 Å². The lowest BCUT2D eigenvalue weighted by atomic mass is 10.1. The van der Waals surface area contributed by atoms with Crippen LogP contribution in [-0.2, 0) is 0 Å². The largest absolute Gasteiger partial charge is 0.352 e. The van der Waals surface area contributed by atoms with Crippen LogP contribution in [0.4, 0.5) is 0 Å². The Morgan fingerprint density at radius 2 is 1.75 bits per heavy atom. The monoisotopic (exact) mass is 444 g/mol. The van der Waals surface area contributed by atoms with Gasteiger partial charge in [0.05, 0.1) is 11.4 Å². The van der Waals surface area contributed by atoms with E-state index in [-0.39, 0.29) is 5.78 Å². The first-order chi connectivity index (χ1) is 15.4. The topological polar surface area (TPSA) is 45.8 Å². The number of aromatic amines is 1. The molecule has 0 aliphatic carbocycles. The molecule has 0 unspecified atom stereocenters. The second kappa shape index (κ2) is 12.7. The van der Waals surface area contributed by atoms with Gasteiger partial charge in [-0.1, -0.05) is 62.2 Å². The van der Waals surface area contributed by atoms with E-state index in [9.17, 15) is 4.79 Å². The summed E-state index contributed by atoms with van der Waals surface area (Å²) in [6, 6.07) is 20.0. The lowest BCUT2D eigenvalue weighted by molar-refractivity contribution is 0.0992. The third-order valence-electron chi connectivity index (χ3n) is 4.57. The van der Waals surface area contributed by atoms with Crippen LogP contribution in [0.2, 0.25) is 0 Å². The molecule has 4 heteroatoms. The van der Waals surface area contributed by atoms with Gasteiger partial charge in [0.1, 0.15) is 0 Å². The maximum Gasteiger partial charge on any atom is 0.182 e. The van der Waals surface area contributed by atoms with Gasteiger partial charge in [0.15, 0.2) is 5.78 Å². The van der Waals surface area contributed by atoms with Crippen molar-refractivity contribution < 1.29 is 4.79 Å². The quantitative estimate of drug-likeness (QED) is 0.190. The average Bonchev–Trinajstić information content (AvgIpc) is 3.21. The van der Waals surface area contributed by atoms with Crippen LogP contribution in [-0.4, -0.2) is 15.8 Å². The number of H-pyrrole nitrogens is 1. The van der Waals surface area contributed by atoms with Crippen molar-refractivity contribution in [2.45, 2.75) is 45.4 Å². The van der Waals surface area contributed by atoms with Crippen LogP contribution in [0.15, 0.2) is 84.4 Å². The molecule has 0 spiro atoms. The first kappa shape index (κ1) is 25.2. The highest BCUT2D eigenvalue weighted by molar-refractivity contribution is 7.80. The maximum absolute atomic E-state index is 11.9. The summed E-state index contributed by atoms with van der Waals surface area (Å²) in [6.07, 6.45) is 5.01. The van der Waals surface area contributed by atoms with Crippen LogP contribution in [0.25, 0.3) is 22.2 Å². The second-order valence-corrected chi connectivity index (χ2v) is 8.13. The normalized spacial score (nSPS) is 9.91. The van der Waals surface area contributed by atoms with Gasteiger partial charge in [-0.3, -0.25) is 9.78 Å². The Morgan fingerprint density at radius 1 is 1.06 bits per heavy atom. The standard InChI is InChI=1S/C18H16N2O.C7H8S.C3H8/c1-3-5-17(21)16-10-13-7-8-14(11-15(13)20-16)18-12(2)6-4-9-19-18;1-6-2-4-7(8)5-3-6;1-3-2/h3-4,6-11,20H,1,5H2,2H3;2-5,8H,1H3;3H2,1-2H3. The first-order valence-electron chi connectivity index (χ1n) is 10.8. The summed E-state index contributed by atoms with van der Waals surface area (Å²) < 4.78 is 0. The second-order valence-electron chi connectivity index (χ2n) is 7.61. The summed E-state index contributed by atoms with van der Waals surface area (Å²) in [6.45, 7) is 12.0. The highest BCUT2D eigenvalue weighted by Crippen LogP contribution is 2.25. The van der Waals surface area contributed by atoms with Crippen LogP contribution < -0.4 is 0 Å². The number of hydrogen-bond acceptors (Lipinski definition) is 3. The molecular formula is C28H32N2OS. The number of fused-ring (bicyclic) bond motifs is 1. The van der Waals surface area contributed by atoms with Gasteiger partial charge in [-0.25, -0.2) is 0 Å². The summed E-state index contributed by atoms with van der Waals surface area (Å²) in [5.74, 6) is 0.0526. The van der Waals surface area contributed by atoms with Crippen molar-refractivity contribution in [3.8, 4) is 11.3 Å². The smallest absolute Gasteiger partial charge is 0.182 e. The van der Waals surface area contributed by atoms with Gasteiger partial charge in [-0.15, -0.1) is 19.2 Å². The summed E-state index contributed by atoms with van der Waals surface area (Å²) in [5.41, 5.74) is 6.00. The number of Topliss-reactive ketones (excluding diaryl/α,β-unsaturated/α-hetero) is 1. The lowest BCUT2D eigenvalue weighted by Crippen LogP contribution is -1.96. The summed E-state index contributed by atoms with van der Waals surface area (Å²) in [5, 5.41) is 1.03. The number of ketones is 1. The number of allylic oxidation sites excluding steroid dienone is 1. The number of nitrogens with one attached hydrogen (secondary N) is 1. The molecule has 2 heterocycles. The van der Waals surface area contributed by atoms with Crippen molar-refractivity contribution in [1.82, 2.24) is 9.97 Å². The molecule has 4 rings (SSSR count). The molecule has 4 aromatic rings. The molecule has 0 atom stereocenters. The highest BCUT2D eigenvalue weighted by Gasteiger charge is 2.10. The van der Waals surface area contributed by atoms with Crippen LogP contribution >= 0.6 is 12.6 Å². The molecule has 0 radical (unpaired) electrons.